The summed E-state index contributed by atoms with van der Waals surface area (Å²) in [4.78, 5) is 25.6. The van der Waals surface area contributed by atoms with Gasteiger partial charge in [0.05, 0.1) is 6.54 Å². The highest BCUT2D eigenvalue weighted by Gasteiger charge is 2.48. The van der Waals surface area contributed by atoms with Gasteiger partial charge < -0.3 is 4.74 Å². The lowest BCUT2D eigenvalue weighted by molar-refractivity contribution is -0.132. The fourth-order valence-electron chi connectivity index (χ4n) is 3.38. The number of carbonyl (C=O) groups is 2. The number of ether oxygens (including phenoxy) is 1. The number of hydroxylamine groups is 1. The van der Waals surface area contributed by atoms with Crippen molar-refractivity contribution in [2.75, 3.05) is 17.7 Å². The number of hydrogen-bond donors (Lipinski definition) is 2. The maximum absolute atomic E-state index is 12.8. The average molecular weight is 438 g/mol. The van der Waals surface area contributed by atoms with Crippen LogP contribution < -0.4 is 10.4 Å². The van der Waals surface area contributed by atoms with Gasteiger partial charge in [-0.2, -0.15) is 0 Å². The van der Waals surface area contributed by atoms with E-state index in [0.29, 0.717) is 18.5 Å². The van der Waals surface area contributed by atoms with E-state index in [1.54, 1.807) is 24.3 Å². The summed E-state index contributed by atoms with van der Waals surface area (Å²) < 4.78 is 40.3. The minimum Gasteiger partial charge on any atom is -0.444 e. The summed E-state index contributed by atoms with van der Waals surface area (Å²) >= 11 is 0. The van der Waals surface area contributed by atoms with Crippen molar-refractivity contribution in [2.45, 2.75) is 43.2 Å². The Kier molecular flexibility index (Phi) is 6.06. The van der Waals surface area contributed by atoms with Crippen LogP contribution in [-0.2, 0) is 19.4 Å². The summed E-state index contributed by atoms with van der Waals surface area (Å²) in [6, 6.07) is 6.83. The molecule has 0 bridgehead atoms. The summed E-state index contributed by atoms with van der Waals surface area (Å²) in [5, 5.41) is 8.91. The molecule has 3 rings (SSSR count). The molecule has 162 valence electrons. The monoisotopic (exact) mass is 438 g/mol. The van der Waals surface area contributed by atoms with Crippen LogP contribution in [0.5, 0.6) is 0 Å². The van der Waals surface area contributed by atoms with E-state index in [1.165, 1.54) is 17.3 Å². The number of cyclic esters (lactones) is 1. The van der Waals surface area contributed by atoms with Crippen molar-refractivity contribution in [1.82, 2.24) is 5.48 Å². The molecular weight excluding hydrogens is 415 g/mol. The smallest absolute Gasteiger partial charge is 0.414 e. The largest absolute Gasteiger partial charge is 0.444 e. The summed E-state index contributed by atoms with van der Waals surface area (Å²) in [7, 11) is -3.90. The molecule has 2 unspecified atom stereocenters. The van der Waals surface area contributed by atoms with Crippen molar-refractivity contribution >= 4 is 27.5 Å². The van der Waals surface area contributed by atoms with Crippen LogP contribution in [0, 0.1) is 17.8 Å². The summed E-state index contributed by atoms with van der Waals surface area (Å²) in [6.45, 7) is 1.22. The molecule has 1 aromatic rings. The Labute approximate surface area is 174 Å². The predicted molar refractivity (Wildman–Crippen MR) is 106 cm³/mol. The molecule has 1 saturated heterocycles. The van der Waals surface area contributed by atoms with E-state index in [-0.39, 0.29) is 18.9 Å². The van der Waals surface area contributed by atoms with Gasteiger partial charge >= 0.3 is 6.09 Å². The van der Waals surface area contributed by atoms with Gasteiger partial charge in [-0.3, -0.25) is 14.9 Å². The van der Waals surface area contributed by atoms with Crippen LogP contribution in [0.2, 0.25) is 0 Å². The Bertz CT molecular complexity index is 994. The lowest BCUT2D eigenvalue weighted by atomic mass is 9.84. The van der Waals surface area contributed by atoms with Crippen LogP contribution in [0.1, 0.15) is 31.7 Å². The topological polar surface area (TPSA) is 113 Å². The lowest BCUT2D eigenvalue weighted by Gasteiger charge is -2.26. The van der Waals surface area contributed by atoms with Crippen LogP contribution in [0.15, 0.2) is 24.3 Å². The number of alkyl halides is 1. The van der Waals surface area contributed by atoms with E-state index in [2.05, 4.69) is 11.8 Å². The third-order valence-corrected chi connectivity index (χ3v) is 7.56. The first-order valence-corrected chi connectivity index (χ1v) is 11.3. The molecular formula is C20H23FN2O6S. The molecule has 2 atom stereocenters. The van der Waals surface area contributed by atoms with Crippen LogP contribution in [0.25, 0.3) is 0 Å². The Morgan fingerprint density at radius 3 is 2.53 bits per heavy atom. The molecule has 0 aromatic heterocycles. The van der Waals surface area contributed by atoms with Gasteiger partial charge in [0.1, 0.15) is 12.3 Å². The van der Waals surface area contributed by atoms with Gasteiger partial charge in [-0.25, -0.2) is 23.1 Å². The normalized spacial score (nSPS) is 25.4. The molecule has 0 radical (unpaired) electrons. The standard InChI is InChI=1S/C20H23FN2O6S/c1-20(18(24)22-26,30(2,27)28)11-17-12-23(19(25)29-17)16-7-5-13(6-8-16)3-4-14-9-15(21)10-14/h5-8,14-15,17,26H,9-12H2,1-2H3,(H,22,24). The number of benzene rings is 1. The van der Waals surface area contributed by atoms with E-state index in [0.717, 1.165) is 11.8 Å². The van der Waals surface area contributed by atoms with Gasteiger partial charge in [0.15, 0.2) is 14.6 Å². The van der Waals surface area contributed by atoms with Crippen molar-refractivity contribution in [3.63, 3.8) is 0 Å². The van der Waals surface area contributed by atoms with Crippen molar-refractivity contribution in [2.24, 2.45) is 5.92 Å². The molecule has 1 heterocycles. The van der Waals surface area contributed by atoms with Gasteiger partial charge in [0.25, 0.3) is 5.91 Å². The first-order valence-electron chi connectivity index (χ1n) is 9.41. The second kappa shape index (κ2) is 8.24. The summed E-state index contributed by atoms with van der Waals surface area (Å²) in [6.07, 6.45) is -0.772. The number of sulfone groups is 1. The molecule has 30 heavy (non-hydrogen) atoms. The average Bonchev–Trinajstić information content (AvgIpc) is 3.03. The number of halogens is 1. The number of hydrogen-bond acceptors (Lipinski definition) is 6. The van der Waals surface area contributed by atoms with E-state index < -0.39 is 38.9 Å². The summed E-state index contributed by atoms with van der Waals surface area (Å²) in [5.41, 5.74) is 2.64. The minimum atomic E-state index is -3.90. The zero-order chi connectivity index (χ0) is 22.1. The Hall–Kier alpha value is -2.64. The molecule has 1 aromatic carbocycles. The Morgan fingerprint density at radius 1 is 1.37 bits per heavy atom. The summed E-state index contributed by atoms with van der Waals surface area (Å²) in [5.74, 6) is 4.99. The zero-order valence-electron chi connectivity index (χ0n) is 16.6. The highest BCUT2D eigenvalue weighted by Crippen LogP contribution is 2.31. The van der Waals surface area contributed by atoms with Crippen molar-refractivity contribution in [1.29, 1.82) is 0 Å². The van der Waals surface area contributed by atoms with Crippen LogP contribution in [0.4, 0.5) is 14.9 Å². The van der Waals surface area contributed by atoms with E-state index in [9.17, 15) is 22.4 Å². The zero-order valence-corrected chi connectivity index (χ0v) is 17.4. The second-order valence-corrected chi connectivity index (χ2v) is 10.3. The van der Waals surface area contributed by atoms with Gasteiger partial charge in [0, 0.05) is 29.8 Å². The number of carbonyl (C=O) groups excluding carboxylic acids is 2. The number of nitrogens with zero attached hydrogens (tertiary/aromatic N) is 1. The van der Waals surface area contributed by atoms with Gasteiger partial charge in [-0.15, -0.1) is 0 Å². The van der Waals surface area contributed by atoms with Crippen molar-refractivity contribution < 1.29 is 32.3 Å². The first-order chi connectivity index (χ1) is 14.0. The van der Waals surface area contributed by atoms with Gasteiger partial charge in [-0.05, 0) is 44.0 Å². The molecule has 2 aliphatic rings. The molecule has 10 heteroatoms. The third kappa shape index (κ3) is 4.42. The van der Waals surface area contributed by atoms with Crippen LogP contribution in [0.3, 0.4) is 0 Å². The molecule has 2 amide bonds. The third-order valence-electron chi connectivity index (χ3n) is 5.57. The molecule has 0 spiro atoms. The molecule has 2 N–H and O–H groups in total. The fraction of sp³-hybridized carbons (Fsp3) is 0.500. The quantitative estimate of drug-likeness (QED) is 0.412. The Balaban J connectivity index is 1.69. The van der Waals surface area contributed by atoms with Gasteiger partial charge in [0.2, 0.25) is 0 Å². The number of nitrogens with one attached hydrogen (secondary N) is 1. The maximum Gasteiger partial charge on any atom is 0.414 e. The number of anilines is 1. The molecule has 8 nitrogen and oxygen atoms in total. The van der Waals surface area contributed by atoms with E-state index >= 15 is 0 Å². The Morgan fingerprint density at radius 2 is 2.00 bits per heavy atom. The maximum atomic E-state index is 12.8. The number of rotatable bonds is 5. The highest BCUT2D eigenvalue weighted by molar-refractivity contribution is 7.92. The van der Waals surface area contributed by atoms with Crippen LogP contribution >= 0.6 is 0 Å². The minimum absolute atomic E-state index is 0.0492. The second-order valence-electron chi connectivity index (χ2n) is 7.85. The SMILES string of the molecule is CC(CC1CN(c2ccc(C#CC3CC(F)C3)cc2)C(=O)O1)(C(=O)NO)S(C)(=O)=O. The molecule has 1 aliphatic carbocycles. The lowest BCUT2D eigenvalue weighted by Crippen LogP contribution is -2.51. The first kappa shape index (κ1) is 22.1. The van der Waals surface area contributed by atoms with E-state index in [1.807, 2.05) is 0 Å². The molecule has 1 aliphatic heterocycles. The predicted octanol–water partition coefficient (Wildman–Crippen LogP) is 1.81. The molecule has 2 fully saturated rings. The van der Waals surface area contributed by atoms with E-state index in [4.69, 9.17) is 9.94 Å². The van der Waals surface area contributed by atoms with Crippen molar-refractivity contribution in [3.05, 3.63) is 29.8 Å². The van der Waals surface area contributed by atoms with Gasteiger partial charge in [-0.1, -0.05) is 11.8 Å². The van der Waals surface area contributed by atoms with Crippen molar-refractivity contribution in [3.8, 4) is 11.8 Å². The molecule has 1 saturated carbocycles. The fourth-order valence-corrected chi connectivity index (χ4v) is 4.25. The highest BCUT2D eigenvalue weighted by atomic mass is 32.2. The van der Waals surface area contributed by atoms with Crippen LogP contribution in [-0.4, -0.2) is 55.4 Å². The number of amides is 2.